The van der Waals surface area contributed by atoms with Gasteiger partial charge in [0, 0.05) is 22.9 Å². The third-order valence-corrected chi connectivity index (χ3v) is 4.67. The van der Waals surface area contributed by atoms with E-state index >= 15 is 0 Å². The smallest absolute Gasteiger partial charge is 0.417 e. The second kappa shape index (κ2) is 7.29. The second-order valence-corrected chi connectivity index (χ2v) is 6.73. The van der Waals surface area contributed by atoms with E-state index in [9.17, 15) is 28.5 Å². The lowest BCUT2D eigenvalue weighted by atomic mass is 9.91. The van der Waals surface area contributed by atoms with Crippen LogP contribution in [-0.2, 0) is 11.7 Å². The highest BCUT2D eigenvalue weighted by Crippen LogP contribution is 2.45. The van der Waals surface area contributed by atoms with Crippen molar-refractivity contribution in [3.8, 4) is 28.0 Å². The van der Waals surface area contributed by atoms with E-state index in [0.717, 1.165) is 6.07 Å². The van der Waals surface area contributed by atoms with Gasteiger partial charge in [-0.15, -0.1) is 0 Å². The van der Waals surface area contributed by atoms with E-state index in [1.54, 1.807) is 13.0 Å². The Hall–Kier alpha value is -2.84. The summed E-state index contributed by atoms with van der Waals surface area (Å²) in [6.07, 6.45) is -1.80. The van der Waals surface area contributed by atoms with Gasteiger partial charge in [0.2, 0.25) is 0 Å². The molecule has 1 aromatic heterocycles. The number of halogens is 3. The van der Waals surface area contributed by atoms with E-state index in [0.29, 0.717) is 5.56 Å². The molecule has 0 spiro atoms. The molecular weight excluding hydrogens is 373 g/mol. The van der Waals surface area contributed by atoms with Crippen LogP contribution in [0.15, 0.2) is 54.9 Å². The van der Waals surface area contributed by atoms with Crippen molar-refractivity contribution in [2.24, 2.45) is 0 Å². The van der Waals surface area contributed by atoms with E-state index in [-0.39, 0.29) is 22.4 Å². The quantitative estimate of drug-likeness (QED) is 0.620. The number of aliphatic hydroxyl groups excluding tert-OH is 2. The van der Waals surface area contributed by atoms with Gasteiger partial charge in [-0.05, 0) is 24.6 Å². The number of hydrogen-bond acceptors (Lipinski definition) is 4. The summed E-state index contributed by atoms with van der Waals surface area (Å²) >= 11 is 0. The molecule has 0 radical (unpaired) electrons. The number of alkyl halides is 3. The third kappa shape index (κ3) is 3.48. The number of aromatic nitrogens is 2. The molecule has 5 nitrogen and oxygen atoms in total. The molecule has 0 amide bonds. The average molecular weight is 392 g/mol. The summed E-state index contributed by atoms with van der Waals surface area (Å²) in [5, 5.41) is 33.4. The standard InChI is InChI=1S/C20H19F3N2O3/c1-19(11-26,12-27)25-10-13(9-24-25)14-6-4-7-16(20(21,22)23)18(14)15-5-2-3-8-17(15)28/h2-10,26-28H,11-12H2,1H3. The first-order valence-electron chi connectivity index (χ1n) is 8.47. The minimum Gasteiger partial charge on any atom is -0.507 e. The Morgan fingerprint density at radius 3 is 2.21 bits per heavy atom. The Morgan fingerprint density at radius 1 is 0.964 bits per heavy atom. The van der Waals surface area contributed by atoms with E-state index in [2.05, 4.69) is 5.10 Å². The summed E-state index contributed by atoms with van der Waals surface area (Å²) in [7, 11) is 0. The molecule has 3 rings (SSSR count). The molecule has 0 saturated carbocycles. The van der Waals surface area contributed by atoms with Gasteiger partial charge in [0.25, 0.3) is 0 Å². The van der Waals surface area contributed by atoms with Crippen LogP contribution in [0.4, 0.5) is 13.2 Å². The van der Waals surface area contributed by atoms with Gasteiger partial charge in [-0.1, -0.05) is 30.3 Å². The number of para-hydroxylation sites is 1. The van der Waals surface area contributed by atoms with Crippen LogP contribution >= 0.6 is 0 Å². The summed E-state index contributed by atoms with van der Waals surface area (Å²) in [4.78, 5) is 0. The topological polar surface area (TPSA) is 78.5 Å². The Labute approximate surface area is 159 Å². The largest absolute Gasteiger partial charge is 0.507 e. The maximum atomic E-state index is 13.7. The van der Waals surface area contributed by atoms with Gasteiger partial charge in [-0.25, -0.2) is 0 Å². The minimum absolute atomic E-state index is 0.0465. The molecule has 28 heavy (non-hydrogen) atoms. The van der Waals surface area contributed by atoms with Gasteiger partial charge in [0.05, 0.1) is 25.0 Å². The molecule has 0 atom stereocenters. The van der Waals surface area contributed by atoms with Gasteiger partial charge in [-0.3, -0.25) is 4.68 Å². The number of aromatic hydroxyl groups is 1. The molecular formula is C20H19F3N2O3. The number of benzene rings is 2. The summed E-state index contributed by atoms with van der Waals surface area (Å²) in [5.41, 5.74) is -1.52. The van der Waals surface area contributed by atoms with Gasteiger partial charge < -0.3 is 15.3 Å². The zero-order chi connectivity index (χ0) is 20.5. The van der Waals surface area contributed by atoms with Crippen molar-refractivity contribution in [2.75, 3.05) is 13.2 Å². The van der Waals surface area contributed by atoms with Crippen LogP contribution in [-0.4, -0.2) is 38.3 Å². The second-order valence-electron chi connectivity index (χ2n) is 6.73. The van der Waals surface area contributed by atoms with Crippen LogP contribution in [0.25, 0.3) is 22.3 Å². The Bertz CT molecular complexity index is 979. The van der Waals surface area contributed by atoms with Crippen molar-refractivity contribution >= 4 is 0 Å². The first-order chi connectivity index (χ1) is 13.2. The van der Waals surface area contributed by atoms with E-state index in [1.165, 1.54) is 47.4 Å². The number of phenols is 1. The Kier molecular flexibility index (Phi) is 5.18. The summed E-state index contributed by atoms with van der Waals surface area (Å²) in [6.45, 7) is 0.763. The fourth-order valence-electron chi connectivity index (χ4n) is 2.96. The first kappa shape index (κ1) is 19.9. The van der Waals surface area contributed by atoms with Crippen LogP contribution in [0.1, 0.15) is 12.5 Å². The lowest BCUT2D eigenvalue weighted by Gasteiger charge is -2.25. The molecule has 3 N–H and O–H groups in total. The fourth-order valence-corrected chi connectivity index (χ4v) is 2.96. The Balaban J connectivity index is 2.26. The van der Waals surface area contributed by atoms with Crippen LogP contribution in [0.5, 0.6) is 5.75 Å². The summed E-state index contributed by atoms with van der Waals surface area (Å²) < 4.78 is 42.4. The molecule has 0 aliphatic rings. The van der Waals surface area contributed by atoms with E-state index < -0.39 is 30.5 Å². The van der Waals surface area contributed by atoms with E-state index in [4.69, 9.17) is 0 Å². The zero-order valence-corrected chi connectivity index (χ0v) is 15.0. The molecule has 3 aromatic rings. The van der Waals surface area contributed by atoms with Gasteiger partial charge in [0.15, 0.2) is 0 Å². The number of aliphatic hydroxyl groups is 2. The lowest BCUT2D eigenvalue weighted by Crippen LogP contribution is -2.38. The van der Waals surface area contributed by atoms with Crippen LogP contribution < -0.4 is 0 Å². The van der Waals surface area contributed by atoms with Crippen LogP contribution in [0.3, 0.4) is 0 Å². The van der Waals surface area contributed by atoms with Crippen molar-refractivity contribution in [1.29, 1.82) is 0 Å². The monoisotopic (exact) mass is 392 g/mol. The molecule has 0 unspecified atom stereocenters. The maximum absolute atomic E-state index is 13.7. The van der Waals surface area contributed by atoms with Crippen molar-refractivity contribution in [1.82, 2.24) is 9.78 Å². The highest BCUT2D eigenvalue weighted by atomic mass is 19.4. The minimum atomic E-state index is -4.63. The highest BCUT2D eigenvalue weighted by molar-refractivity contribution is 5.88. The molecule has 0 bridgehead atoms. The van der Waals surface area contributed by atoms with Crippen molar-refractivity contribution in [3.63, 3.8) is 0 Å². The van der Waals surface area contributed by atoms with Crippen molar-refractivity contribution in [3.05, 3.63) is 60.4 Å². The number of rotatable bonds is 5. The number of hydrogen-bond donors (Lipinski definition) is 3. The Morgan fingerprint density at radius 2 is 1.61 bits per heavy atom. The van der Waals surface area contributed by atoms with E-state index in [1.807, 2.05) is 0 Å². The third-order valence-electron chi connectivity index (χ3n) is 4.67. The lowest BCUT2D eigenvalue weighted by molar-refractivity contribution is -0.137. The van der Waals surface area contributed by atoms with Crippen molar-refractivity contribution < 1.29 is 28.5 Å². The molecule has 0 saturated heterocycles. The highest BCUT2D eigenvalue weighted by Gasteiger charge is 2.36. The molecule has 0 aliphatic heterocycles. The molecule has 8 heteroatoms. The average Bonchev–Trinajstić information content (AvgIpc) is 3.17. The van der Waals surface area contributed by atoms with Gasteiger partial charge >= 0.3 is 6.18 Å². The molecule has 2 aromatic carbocycles. The number of nitrogens with zero attached hydrogens (tertiary/aromatic N) is 2. The fraction of sp³-hybridized carbons (Fsp3) is 0.250. The van der Waals surface area contributed by atoms with Crippen LogP contribution in [0, 0.1) is 0 Å². The molecule has 148 valence electrons. The SMILES string of the molecule is CC(CO)(CO)n1cc(-c2cccc(C(F)(F)F)c2-c2ccccc2O)cn1. The first-order valence-corrected chi connectivity index (χ1v) is 8.47. The molecule has 0 fully saturated rings. The summed E-state index contributed by atoms with van der Waals surface area (Å²) in [5.74, 6) is -0.275. The van der Waals surface area contributed by atoms with Crippen LogP contribution in [0.2, 0.25) is 0 Å². The van der Waals surface area contributed by atoms with Crippen molar-refractivity contribution in [2.45, 2.75) is 18.6 Å². The molecule has 1 heterocycles. The predicted molar refractivity (Wildman–Crippen MR) is 97.6 cm³/mol. The zero-order valence-electron chi connectivity index (χ0n) is 15.0. The predicted octanol–water partition coefficient (Wildman–Crippen LogP) is 3.64. The number of phenolic OH excluding ortho intramolecular Hbond substituents is 1. The van der Waals surface area contributed by atoms with Gasteiger partial charge in [0.1, 0.15) is 11.3 Å². The normalized spacial score (nSPS) is 12.4. The van der Waals surface area contributed by atoms with Gasteiger partial charge in [-0.2, -0.15) is 18.3 Å². The summed E-state index contributed by atoms with van der Waals surface area (Å²) in [6, 6.07) is 9.57. The maximum Gasteiger partial charge on any atom is 0.417 e. The molecule has 0 aliphatic carbocycles.